The molecule has 3 aromatic carbocycles. The van der Waals surface area contributed by atoms with E-state index in [1.165, 1.54) is 43.0 Å². The first-order valence-corrected chi connectivity index (χ1v) is 28.2. The van der Waals surface area contributed by atoms with E-state index >= 15 is 0 Å². The van der Waals surface area contributed by atoms with Crippen LogP contribution in [0.25, 0.3) is 21.8 Å². The van der Waals surface area contributed by atoms with Crippen LogP contribution in [-0.2, 0) is 62.4 Å². The molecule has 0 aliphatic carbocycles. The number of para-hydroxylation sites is 2. The van der Waals surface area contributed by atoms with Gasteiger partial charge in [-0.3, -0.25) is 38.4 Å². The maximum atomic E-state index is 14.6. The van der Waals surface area contributed by atoms with Gasteiger partial charge in [0.2, 0.25) is 47.3 Å². The first-order valence-electron chi connectivity index (χ1n) is 26.8. The number of phenolic OH excluding ortho intramolecular Hbond substituents is 1. The van der Waals surface area contributed by atoms with Crippen molar-refractivity contribution in [1.82, 2.24) is 52.5 Å². The highest BCUT2D eigenvalue weighted by molar-refractivity contribution is 7.98. The Hall–Kier alpha value is -8.00. The lowest BCUT2D eigenvalue weighted by molar-refractivity contribution is -0.142. The molecule has 25 heteroatoms. The summed E-state index contributed by atoms with van der Waals surface area (Å²) in [7, 11) is 0. The topological polar surface area (TPSA) is 394 Å². The average molecular weight is 1140 g/mol. The summed E-state index contributed by atoms with van der Waals surface area (Å²) in [6.45, 7) is 3.93. The predicted octanol–water partition coefficient (Wildman–Crippen LogP) is 0.245. The van der Waals surface area contributed by atoms with Crippen LogP contribution in [-0.4, -0.2) is 159 Å². The molecule has 0 aliphatic rings. The van der Waals surface area contributed by atoms with Gasteiger partial charge in [-0.15, -0.1) is 0 Å². The zero-order valence-corrected chi connectivity index (χ0v) is 46.7. The van der Waals surface area contributed by atoms with Crippen LogP contribution in [0.3, 0.4) is 0 Å². The quantitative estimate of drug-likeness (QED) is 0.0250. The number of fused-ring (bicyclic) bond motifs is 2. The van der Waals surface area contributed by atoms with Crippen LogP contribution in [0.15, 0.2) is 85.2 Å². The molecule has 2 aromatic heterocycles. The van der Waals surface area contributed by atoms with Crippen molar-refractivity contribution in [2.24, 2.45) is 17.4 Å². The number of nitrogens with one attached hydrogen (secondary N) is 10. The number of aromatic amines is 2. The van der Waals surface area contributed by atoms with Crippen LogP contribution in [0.5, 0.6) is 5.75 Å². The SMILES string of the molecule is CSCC[C@H](NC(=O)[C@H](Cc1ccc(O)cc1)NC(=O)[C@H](CC(C)C)NC(=O)[C@H](Cc1c[nH]c2ccccc12)NC(=O)CNC(=O)[C@H](C)N)C(=O)N[C@@H](CO)C(=O)N[C@@H](Cc1c[nH]c2ccccc12)C(=O)N[C@@H](CCCCN)C(=O)O. The molecule has 0 fully saturated rings. The molecular formula is C56H76N12O12S. The van der Waals surface area contributed by atoms with E-state index < -0.39 is 115 Å². The van der Waals surface area contributed by atoms with Gasteiger partial charge in [-0.2, -0.15) is 11.8 Å². The molecule has 81 heavy (non-hydrogen) atoms. The van der Waals surface area contributed by atoms with Gasteiger partial charge in [0.25, 0.3) is 0 Å². The largest absolute Gasteiger partial charge is 0.508 e. The second-order valence-corrected chi connectivity index (χ2v) is 21.2. The number of aromatic nitrogens is 2. The number of amides is 8. The van der Waals surface area contributed by atoms with Gasteiger partial charge in [-0.05, 0) is 104 Å². The number of aromatic hydroxyl groups is 1. The van der Waals surface area contributed by atoms with Crippen molar-refractivity contribution in [3.8, 4) is 5.75 Å². The summed E-state index contributed by atoms with van der Waals surface area (Å²) in [5.74, 6) is -7.71. The lowest BCUT2D eigenvalue weighted by Crippen LogP contribution is -2.61. The van der Waals surface area contributed by atoms with Gasteiger partial charge < -0.3 is 79.3 Å². The number of hydrogen-bond acceptors (Lipinski definition) is 14. The van der Waals surface area contributed by atoms with E-state index in [0.717, 1.165) is 21.8 Å². The Morgan fingerprint density at radius 3 is 1.56 bits per heavy atom. The van der Waals surface area contributed by atoms with Crippen LogP contribution in [0.2, 0.25) is 0 Å². The highest BCUT2D eigenvalue weighted by Gasteiger charge is 2.35. The minimum absolute atomic E-state index is 0.00475. The fourth-order valence-corrected chi connectivity index (χ4v) is 9.37. The van der Waals surface area contributed by atoms with Gasteiger partial charge in [-0.1, -0.05) is 62.4 Å². The molecule has 0 radical (unpaired) electrons. The summed E-state index contributed by atoms with van der Waals surface area (Å²) in [6, 6.07) is 9.69. The van der Waals surface area contributed by atoms with Crippen molar-refractivity contribution >= 4 is 86.8 Å². The zero-order valence-electron chi connectivity index (χ0n) is 45.8. The van der Waals surface area contributed by atoms with Crippen LogP contribution < -0.4 is 54.0 Å². The first kappa shape index (κ1) is 63.8. The predicted molar refractivity (Wildman–Crippen MR) is 306 cm³/mol. The van der Waals surface area contributed by atoms with E-state index in [-0.39, 0.29) is 50.2 Å². The highest BCUT2D eigenvalue weighted by Crippen LogP contribution is 2.22. The molecule has 0 unspecified atom stereocenters. The molecule has 0 spiro atoms. The lowest BCUT2D eigenvalue weighted by Gasteiger charge is -2.28. The first-order chi connectivity index (χ1) is 38.7. The van der Waals surface area contributed by atoms with Gasteiger partial charge >= 0.3 is 5.97 Å². The monoisotopic (exact) mass is 1140 g/mol. The maximum absolute atomic E-state index is 14.6. The van der Waals surface area contributed by atoms with Crippen molar-refractivity contribution in [2.45, 2.75) is 120 Å². The summed E-state index contributed by atoms with van der Waals surface area (Å²) < 4.78 is 0. The van der Waals surface area contributed by atoms with E-state index in [1.54, 1.807) is 30.8 Å². The average Bonchev–Trinajstić information content (AvgIpc) is 4.29. The third-order valence-corrected chi connectivity index (χ3v) is 13.9. The summed E-state index contributed by atoms with van der Waals surface area (Å²) in [4.78, 5) is 130. The number of rotatable bonds is 33. The van der Waals surface area contributed by atoms with Crippen LogP contribution in [0, 0.1) is 5.92 Å². The number of H-pyrrole nitrogens is 2. The van der Waals surface area contributed by atoms with Crippen LogP contribution in [0.1, 0.15) is 69.6 Å². The fraction of sp³-hybridized carbons (Fsp3) is 0.446. The van der Waals surface area contributed by atoms with E-state index in [9.17, 15) is 58.5 Å². The van der Waals surface area contributed by atoms with Crippen molar-refractivity contribution in [3.63, 3.8) is 0 Å². The molecule has 0 saturated heterocycles. The number of carbonyl (C=O) groups is 9. The van der Waals surface area contributed by atoms with Gasteiger partial charge in [0.1, 0.15) is 48.0 Å². The number of aliphatic hydroxyl groups excluding tert-OH is 1. The summed E-state index contributed by atoms with van der Waals surface area (Å²) in [5.41, 5.74) is 14.5. The maximum Gasteiger partial charge on any atom is 0.326 e. The van der Waals surface area contributed by atoms with Gasteiger partial charge in [0.15, 0.2) is 0 Å². The molecule has 8 atom stereocenters. The number of carbonyl (C=O) groups excluding carboxylic acids is 8. The van der Waals surface area contributed by atoms with Crippen molar-refractivity contribution in [3.05, 3.63) is 102 Å². The van der Waals surface area contributed by atoms with Crippen LogP contribution >= 0.6 is 11.8 Å². The second-order valence-electron chi connectivity index (χ2n) is 20.2. The minimum Gasteiger partial charge on any atom is -0.508 e. The number of phenols is 1. The standard InChI is InChI=1S/C56H76N12O12S/c1-31(2)23-43(65-53(76)45(62-48(71)29-61-49(72)32(3)58)25-34-27-59-39-13-7-5-11-37(34)39)51(74)66-44(24-33-16-18-36(70)19-17-33)52(75)63-41(20-22-81-4)50(73)68-47(30-69)55(78)67-46(26-35-28-60-40-14-8-6-12-38(35)40)54(77)64-42(56(79)80)15-9-10-21-57/h5-8,11-14,16-19,27-28,31-32,41-47,59-60,69-70H,9-10,15,20-26,29-30,57-58H2,1-4H3,(H,61,72)(H,62,71)(H,63,75)(H,64,77)(H,65,76)(H,66,74)(H,67,78)(H,68,73)(H,79,80)/t32-,41-,42-,43-,44-,45-,46-,47-/m0/s1. The second kappa shape index (κ2) is 31.7. The molecule has 0 aliphatic heterocycles. The number of unbranched alkanes of at least 4 members (excludes halogenated alkanes) is 1. The van der Waals surface area contributed by atoms with Gasteiger partial charge in [0, 0.05) is 53.5 Å². The summed E-state index contributed by atoms with van der Waals surface area (Å²) in [5, 5.41) is 53.0. The van der Waals surface area contributed by atoms with E-state index in [0.29, 0.717) is 41.8 Å². The molecule has 24 nitrogen and oxygen atoms in total. The zero-order chi connectivity index (χ0) is 59.2. The Morgan fingerprint density at radius 1 is 0.568 bits per heavy atom. The molecule has 0 saturated carbocycles. The number of aliphatic carboxylic acids is 1. The number of carboxylic acid groups (broad SMARTS) is 1. The minimum atomic E-state index is -1.69. The summed E-state index contributed by atoms with van der Waals surface area (Å²) >= 11 is 1.34. The van der Waals surface area contributed by atoms with Crippen LogP contribution in [0.4, 0.5) is 0 Å². The van der Waals surface area contributed by atoms with Crippen molar-refractivity contribution < 1.29 is 58.5 Å². The molecular weight excluding hydrogens is 1060 g/mol. The molecule has 2 heterocycles. The molecule has 438 valence electrons. The number of thioether (sulfide) groups is 1. The third-order valence-electron chi connectivity index (χ3n) is 13.3. The molecule has 17 N–H and O–H groups in total. The van der Waals surface area contributed by atoms with E-state index in [4.69, 9.17) is 11.5 Å². The number of benzene rings is 3. The molecule has 8 amide bonds. The van der Waals surface area contributed by atoms with E-state index in [1.807, 2.05) is 50.2 Å². The van der Waals surface area contributed by atoms with Crippen molar-refractivity contribution in [2.75, 3.05) is 31.7 Å². The number of aliphatic hydroxyl groups is 1. The van der Waals surface area contributed by atoms with Gasteiger partial charge in [-0.25, -0.2) is 4.79 Å². The summed E-state index contributed by atoms with van der Waals surface area (Å²) in [6.07, 6.45) is 5.81. The molecule has 5 rings (SSSR count). The Labute approximate surface area is 473 Å². The fourth-order valence-electron chi connectivity index (χ4n) is 8.90. The molecule has 0 bridgehead atoms. The number of nitrogens with two attached hydrogens (primary N) is 2. The number of carboxylic acids is 1. The van der Waals surface area contributed by atoms with Crippen molar-refractivity contribution in [1.29, 1.82) is 0 Å². The molecule has 5 aromatic rings. The highest BCUT2D eigenvalue weighted by atomic mass is 32.2. The Kier molecular flexibility index (Phi) is 25.0. The normalized spacial score (nSPS) is 14.3. The lowest BCUT2D eigenvalue weighted by atomic mass is 9.99. The Morgan fingerprint density at radius 2 is 1.04 bits per heavy atom. The van der Waals surface area contributed by atoms with E-state index in [2.05, 4.69) is 52.5 Å². The number of hydrogen-bond donors (Lipinski definition) is 15. The van der Waals surface area contributed by atoms with Gasteiger partial charge in [0.05, 0.1) is 19.2 Å². The Balaban J connectivity index is 1.37. The smallest absolute Gasteiger partial charge is 0.326 e. The Bertz CT molecular complexity index is 2950. The third kappa shape index (κ3) is 19.6.